The first kappa shape index (κ1) is 32.0. The summed E-state index contributed by atoms with van der Waals surface area (Å²) in [5.41, 5.74) is 8.77. The van der Waals surface area contributed by atoms with E-state index in [9.17, 15) is 0 Å². The first-order valence-corrected chi connectivity index (χ1v) is 17.4. The summed E-state index contributed by atoms with van der Waals surface area (Å²) < 4.78 is 4.78. The highest BCUT2D eigenvalue weighted by Crippen LogP contribution is 2.42. The predicted octanol–water partition coefficient (Wildman–Crippen LogP) is 12.7. The van der Waals surface area contributed by atoms with Gasteiger partial charge in [-0.25, -0.2) is 4.98 Å². The lowest BCUT2D eigenvalue weighted by molar-refractivity contribution is 0.926. The molecular formula is C42H37N3S2. The van der Waals surface area contributed by atoms with Gasteiger partial charge in [-0.05, 0) is 65.0 Å². The van der Waals surface area contributed by atoms with Crippen molar-refractivity contribution in [3.8, 4) is 33.1 Å². The van der Waals surface area contributed by atoms with Gasteiger partial charge < -0.3 is 5.32 Å². The minimum absolute atomic E-state index is 0.326. The van der Waals surface area contributed by atoms with E-state index >= 15 is 0 Å². The highest BCUT2D eigenvalue weighted by molar-refractivity contribution is 8.08. The molecule has 0 radical (unpaired) electrons. The van der Waals surface area contributed by atoms with Gasteiger partial charge in [-0.15, -0.1) is 0 Å². The van der Waals surface area contributed by atoms with Crippen molar-refractivity contribution in [3.05, 3.63) is 169 Å². The van der Waals surface area contributed by atoms with E-state index < -0.39 is 0 Å². The van der Waals surface area contributed by atoms with Crippen LogP contribution in [0.3, 0.4) is 0 Å². The van der Waals surface area contributed by atoms with Gasteiger partial charge in [0.05, 0.1) is 0 Å². The second-order valence-electron chi connectivity index (χ2n) is 11.1. The third-order valence-corrected chi connectivity index (χ3v) is 9.75. The first-order valence-electron chi connectivity index (χ1n) is 15.9. The molecule has 1 unspecified atom stereocenters. The van der Waals surface area contributed by atoms with Gasteiger partial charge in [0, 0.05) is 43.8 Å². The average Bonchev–Trinajstić information content (AvgIpc) is 3.62. The van der Waals surface area contributed by atoms with Crippen LogP contribution in [-0.2, 0) is 0 Å². The van der Waals surface area contributed by atoms with Crippen molar-refractivity contribution in [2.24, 2.45) is 0 Å². The largest absolute Gasteiger partial charge is 0.355 e. The Bertz CT molecular complexity index is 2020. The van der Waals surface area contributed by atoms with Crippen LogP contribution in [0.1, 0.15) is 37.3 Å². The summed E-state index contributed by atoms with van der Waals surface area (Å²) in [4.78, 5) is 7.37. The zero-order valence-electron chi connectivity index (χ0n) is 26.6. The number of nitrogens with zero attached hydrogens (tertiary/aromatic N) is 2. The average molecular weight is 648 g/mol. The summed E-state index contributed by atoms with van der Waals surface area (Å²) in [6.07, 6.45) is 9.53. The Labute approximate surface area is 286 Å². The minimum Gasteiger partial charge on any atom is -0.355 e. The Balaban J connectivity index is 1.27. The lowest BCUT2D eigenvalue weighted by atomic mass is 9.99. The number of hydrogen-bond acceptors (Lipinski definition) is 5. The molecule has 6 rings (SSSR count). The fourth-order valence-electron chi connectivity index (χ4n) is 5.49. The molecule has 1 N–H and O–H groups in total. The second kappa shape index (κ2) is 15.5. The fraction of sp³-hybridized carbons (Fsp3) is 0.0952. The summed E-state index contributed by atoms with van der Waals surface area (Å²) in [6, 6.07) is 44.2. The molecular weight excluding hydrogens is 611 g/mol. The molecule has 1 atom stereocenters. The second-order valence-corrected chi connectivity index (χ2v) is 13.0. The maximum Gasteiger partial charge on any atom is 0.174 e. The SMILES string of the molecule is C=C/C=C(\Sc1ccccc1C(C)/C=C\CC)c1ccccc1Nc1cccc(-c2nc(-c3ccccc3-c3ccccc3)ns2)c1. The third-order valence-electron chi connectivity index (χ3n) is 7.82. The van der Waals surface area contributed by atoms with E-state index in [1.54, 1.807) is 11.8 Å². The van der Waals surface area contributed by atoms with Crippen LogP contribution in [0, 0.1) is 0 Å². The zero-order chi connectivity index (χ0) is 32.4. The van der Waals surface area contributed by atoms with Gasteiger partial charge in [0.25, 0.3) is 0 Å². The number of allylic oxidation sites excluding steroid dienone is 4. The van der Waals surface area contributed by atoms with Crippen LogP contribution in [0.2, 0.25) is 0 Å². The molecule has 0 saturated carbocycles. The molecule has 0 aliphatic rings. The maximum atomic E-state index is 4.99. The summed E-state index contributed by atoms with van der Waals surface area (Å²) in [5.74, 6) is 1.07. The quantitative estimate of drug-likeness (QED) is 0.0815. The van der Waals surface area contributed by atoms with E-state index in [4.69, 9.17) is 9.36 Å². The van der Waals surface area contributed by atoms with Crippen molar-refractivity contribution < 1.29 is 0 Å². The van der Waals surface area contributed by atoms with Crippen molar-refractivity contribution in [2.45, 2.75) is 31.1 Å². The molecule has 0 bridgehead atoms. The number of para-hydroxylation sites is 1. The van der Waals surface area contributed by atoms with Crippen LogP contribution >= 0.6 is 23.3 Å². The number of anilines is 2. The Kier molecular flexibility index (Phi) is 10.6. The Morgan fingerprint density at radius 2 is 1.55 bits per heavy atom. The molecule has 5 aromatic carbocycles. The van der Waals surface area contributed by atoms with Crippen LogP contribution < -0.4 is 5.32 Å². The molecule has 0 aliphatic heterocycles. The van der Waals surface area contributed by atoms with Crippen LogP contribution in [0.15, 0.2) is 163 Å². The molecule has 47 heavy (non-hydrogen) atoms. The normalized spacial score (nSPS) is 12.3. The molecule has 5 heteroatoms. The molecule has 0 spiro atoms. The Hall–Kier alpha value is -4.97. The van der Waals surface area contributed by atoms with E-state index in [2.05, 4.69) is 159 Å². The number of rotatable bonds is 12. The number of aromatic nitrogens is 2. The number of nitrogens with one attached hydrogen (secondary N) is 1. The van der Waals surface area contributed by atoms with Gasteiger partial charge in [-0.1, -0.05) is 154 Å². The van der Waals surface area contributed by atoms with Gasteiger partial charge in [-0.2, -0.15) is 4.37 Å². The van der Waals surface area contributed by atoms with Gasteiger partial charge in [0.15, 0.2) is 5.82 Å². The van der Waals surface area contributed by atoms with Gasteiger partial charge in [0.1, 0.15) is 5.01 Å². The first-order chi connectivity index (χ1) is 23.1. The van der Waals surface area contributed by atoms with E-state index in [0.717, 1.165) is 61.4 Å². The highest BCUT2D eigenvalue weighted by Gasteiger charge is 2.16. The number of hydrogen-bond donors (Lipinski definition) is 1. The molecule has 1 heterocycles. The summed E-state index contributed by atoms with van der Waals surface area (Å²) in [6.45, 7) is 8.47. The minimum atomic E-state index is 0.326. The van der Waals surface area contributed by atoms with E-state index in [0.29, 0.717) is 5.92 Å². The molecule has 232 valence electrons. The Morgan fingerprint density at radius 1 is 0.830 bits per heavy atom. The summed E-state index contributed by atoms with van der Waals surface area (Å²) >= 11 is 3.20. The molecule has 0 amide bonds. The maximum absolute atomic E-state index is 4.99. The lowest BCUT2D eigenvalue weighted by Crippen LogP contribution is -1.96. The zero-order valence-corrected chi connectivity index (χ0v) is 28.3. The van der Waals surface area contributed by atoms with Crippen LogP contribution in [0.25, 0.3) is 38.0 Å². The van der Waals surface area contributed by atoms with Gasteiger partial charge in [0.2, 0.25) is 0 Å². The predicted molar refractivity (Wildman–Crippen MR) is 204 cm³/mol. The molecule has 3 nitrogen and oxygen atoms in total. The number of benzene rings is 5. The van der Waals surface area contributed by atoms with E-state index in [-0.39, 0.29) is 0 Å². The topological polar surface area (TPSA) is 37.8 Å². The van der Waals surface area contributed by atoms with Gasteiger partial charge >= 0.3 is 0 Å². The van der Waals surface area contributed by atoms with Crippen LogP contribution in [-0.4, -0.2) is 9.36 Å². The summed E-state index contributed by atoms with van der Waals surface area (Å²) in [7, 11) is 0. The fourth-order valence-corrected chi connectivity index (χ4v) is 7.37. The summed E-state index contributed by atoms with van der Waals surface area (Å²) in [5, 5.41) is 4.58. The van der Waals surface area contributed by atoms with Crippen molar-refractivity contribution in [1.29, 1.82) is 0 Å². The molecule has 0 fully saturated rings. The smallest absolute Gasteiger partial charge is 0.174 e. The van der Waals surface area contributed by atoms with Crippen LogP contribution in [0.4, 0.5) is 11.4 Å². The van der Waals surface area contributed by atoms with Crippen molar-refractivity contribution in [1.82, 2.24) is 9.36 Å². The Morgan fingerprint density at radius 3 is 2.38 bits per heavy atom. The molecule has 0 saturated heterocycles. The van der Waals surface area contributed by atoms with Crippen molar-refractivity contribution in [3.63, 3.8) is 0 Å². The molecule has 0 aliphatic carbocycles. The van der Waals surface area contributed by atoms with Crippen molar-refractivity contribution >= 4 is 39.6 Å². The number of thioether (sulfide) groups is 1. The molecule has 6 aromatic rings. The van der Waals surface area contributed by atoms with E-state index in [1.165, 1.54) is 22.0 Å². The van der Waals surface area contributed by atoms with Gasteiger partial charge in [-0.3, -0.25) is 0 Å². The molecule has 1 aromatic heterocycles. The monoisotopic (exact) mass is 647 g/mol. The van der Waals surface area contributed by atoms with Crippen LogP contribution in [0.5, 0.6) is 0 Å². The third kappa shape index (κ3) is 7.71. The van der Waals surface area contributed by atoms with E-state index in [1.807, 2.05) is 18.2 Å². The van der Waals surface area contributed by atoms with Crippen molar-refractivity contribution in [2.75, 3.05) is 5.32 Å². The highest BCUT2D eigenvalue weighted by atomic mass is 32.2. The lowest BCUT2D eigenvalue weighted by Gasteiger charge is -2.18. The standard InChI is InChI=1S/C42H37N3S2/c1-4-6-18-30(3)34-23-13-15-28-40(34)46-39(17-5-2)37-26-12-14-27-38(37)43-33-22-16-21-32(29-33)42-44-41(45-47-42)36-25-11-10-24-35(36)31-19-8-7-9-20-31/h5-30,43H,2,4H2,1,3H3/b18-6-,39-17-.